The molecule has 0 bridgehead atoms. The maximum atomic E-state index is 4.28. The summed E-state index contributed by atoms with van der Waals surface area (Å²) >= 11 is 0. The van der Waals surface area contributed by atoms with Crippen molar-refractivity contribution in [3.8, 4) is 0 Å². The summed E-state index contributed by atoms with van der Waals surface area (Å²) in [5.74, 6) is 0. The monoisotopic (exact) mass is 171 g/mol. The zero-order chi connectivity index (χ0) is 9.68. The number of nitrogens with zero attached hydrogens (tertiary/aromatic N) is 1. The fourth-order valence-corrected chi connectivity index (χ4v) is 1.18. The molecule has 0 unspecified atom stereocenters. The van der Waals surface area contributed by atoms with E-state index in [9.17, 15) is 0 Å². The van der Waals surface area contributed by atoms with Gasteiger partial charge in [-0.2, -0.15) is 0 Å². The van der Waals surface area contributed by atoms with Crippen molar-refractivity contribution < 1.29 is 0 Å². The summed E-state index contributed by atoms with van der Waals surface area (Å²) in [5.41, 5.74) is 2.28. The molecule has 1 aromatic heterocycles. The number of aromatic nitrogens is 1. The molecule has 13 heavy (non-hydrogen) atoms. The van der Waals surface area contributed by atoms with Gasteiger partial charge in [-0.25, -0.2) is 0 Å². The number of benzene rings is 1. The SMILES string of the molecule is C=C.Cc1cnc2ccccc2c1. The highest BCUT2D eigenvalue weighted by Gasteiger charge is 1.90. The van der Waals surface area contributed by atoms with E-state index in [1.54, 1.807) is 0 Å². The molecule has 0 saturated heterocycles. The average molecular weight is 171 g/mol. The van der Waals surface area contributed by atoms with Crippen LogP contribution in [-0.4, -0.2) is 4.98 Å². The number of para-hydroxylation sites is 1. The first-order valence-electron chi connectivity index (χ1n) is 4.18. The van der Waals surface area contributed by atoms with Crippen LogP contribution in [0.15, 0.2) is 49.7 Å². The van der Waals surface area contributed by atoms with E-state index in [2.05, 4.69) is 37.2 Å². The number of rotatable bonds is 0. The molecule has 66 valence electrons. The molecule has 0 aliphatic carbocycles. The molecule has 0 atom stereocenters. The van der Waals surface area contributed by atoms with Crippen LogP contribution >= 0.6 is 0 Å². The van der Waals surface area contributed by atoms with E-state index in [1.165, 1.54) is 10.9 Å². The normalized spacial score (nSPS) is 9.00. The van der Waals surface area contributed by atoms with Gasteiger partial charge in [-0.15, -0.1) is 13.2 Å². The zero-order valence-electron chi connectivity index (χ0n) is 7.83. The molecular weight excluding hydrogens is 158 g/mol. The molecule has 0 saturated carbocycles. The van der Waals surface area contributed by atoms with Crippen LogP contribution in [0.4, 0.5) is 0 Å². The summed E-state index contributed by atoms with van der Waals surface area (Å²) in [6.07, 6.45) is 1.89. The Balaban J connectivity index is 0.000000396. The van der Waals surface area contributed by atoms with Gasteiger partial charge in [0.05, 0.1) is 5.52 Å². The maximum absolute atomic E-state index is 4.28. The number of aryl methyl sites for hydroxylation is 1. The lowest BCUT2D eigenvalue weighted by Gasteiger charge is -1.95. The fraction of sp³-hybridized carbons (Fsp3) is 0.0833. The van der Waals surface area contributed by atoms with Crippen molar-refractivity contribution in [1.29, 1.82) is 0 Å². The minimum atomic E-state index is 1.07. The predicted octanol–water partition coefficient (Wildman–Crippen LogP) is 3.35. The third-order valence-corrected chi connectivity index (χ3v) is 1.73. The van der Waals surface area contributed by atoms with Crippen molar-refractivity contribution in [3.63, 3.8) is 0 Å². The Bertz CT molecular complexity index is 393. The lowest BCUT2D eigenvalue weighted by Crippen LogP contribution is -1.78. The van der Waals surface area contributed by atoms with E-state index in [-0.39, 0.29) is 0 Å². The molecule has 0 fully saturated rings. The van der Waals surface area contributed by atoms with Crippen molar-refractivity contribution in [3.05, 3.63) is 55.3 Å². The van der Waals surface area contributed by atoms with E-state index < -0.39 is 0 Å². The van der Waals surface area contributed by atoms with E-state index in [0.29, 0.717) is 0 Å². The molecule has 1 aromatic carbocycles. The topological polar surface area (TPSA) is 12.9 Å². The summed E-state index contributed by atoms with van der Waals surface area (Å²) < 4.78 is 0. The number of hydrogen-bond acceptors (Lipinski definition) is 1. The zero-order valence-corrected chi connectivity index (χ0v) is 7.83. The molecule has 1 heteroatoms. The Hall–Kier alpha value is -1.63. The Morgan fingerprint density at radius 3 is 2.62 bits per heavy atom. The third kappa shape index (κ3) is 2.15. The van der Waals surface area contributed by atoms with Gasteiger partial charge in [0.1, 0.15) is 0 Å². The highest BCUT2D eigenvalue weighted by molar-refractivity contribution is 5.78. The summed E-state index contributed by atoms with van der Waals surface area (Å²) in [6.45, 7) is 8.06. The van der Waals surface area contributed by atoms with Gasteiger partial charge in [0.2, 0.25) is 0 Å². The Labute approximate surface area is 78.7 Å². The largest absolute Gasteiger partial charge is 0.256 e. The first-order valence-corrected chi connectivity index (χ1v) is 4.18. The minimum Gasteiger partial charge on any atom is -0.256 e. The molecule has 0 aliphatic heterocycles. The van der Waals surface area contributed by atoms with Crippen LogP contribution in [0.25, 0.3) is 10.9 Å². The standard InChI is InChI=1S/C10H9N.C2H4/c1-8-6-9-4-2-3-5-10(9)11-7-8;1-2/h2-7H,1H3;1-2H2. The van der Waals surface area contributed by atoms with Gasteiger partial charge in [0.15, 0.2) is 0 Å². The van der Waals surface area contributed by atoms with Gasteiger partial charge in [-0.3, -0.25) is 4.98 Å². The predicted molar refractivity (Wildman–Crippen MR) is 57.7 cm³/mol. The summed E-state index contributed by atoms with van der Waals surface area (Å²) in [4.78, 5) is 4.28. The molecule has 0 radical (unpaired) electrons. The molecular formula is C12H13N. The fourth-order valence-electron chi connectivity index (χ4n) is 1.18. The van der Waals surface area contributed by atoms with Crippen LogP contribution in [-0.2, 0) is 0 Å². The maximum Gasteiger partial charge on any atom is 0.0702 e. The molecule has 2 rings (SSSR count). The Kier molecular flexibility index (Phi) is 3.21. The second-order valence-corrected chi connectivity index (χ2v) is 2.71. The number of pyridine rings is 1. The molecule has 0 amide bonds. The average Bonchev–Trinajstić information content (AvgIpc) is 2.21. The summed E-state index contributed by atoms with van der Waals surface area (Å²) in [5, 5.41) is 1.22. The summed E-state index contributed by atoms with van der Waals surface area (Å²) in [6, 6.07) is 10.3. The van der Waals surface area contributed by atoms with E-state index in [0.717, 1.165) is 5.52 Å². The van der Waals surface area contributed by atoms with E-state index in [4.69, 9.17) is 0 Å². The van der Waals surface area contributed by atoms with E-state index >= 15 is 0 Å². The first kappa shape index (κ1) is 9.46. The third-order valence-electron chi connectivity index (χ3n) is 1.73. The highest BCUT2D eigenvalue weighted by Crippen LogP contribution is 2.11. The van der Waals surface area contributed by atoms with Crippen molar-refractivity contribution in [2.24, 2.45) is 0 Å². The van der Waals surface area contributed by atoms with Gasteiger partial charge in [0.25, 0.3) is 0 Å². The minimum absolute atomic E-state index is 1.07. The van der Waals surface area contributed by atoms with Gasteiger partial charge >= 0.3 is 0 Å². The molecule has 0 spiro atoms. The Morgan fingerprint density at radius 1 is 1.15 bits per heavy atom. The lowest BCUT2D eigenvalue weighted by atomic mass is 10.2. The van der Waals surface area contributed by atoms with Crippen molar-refractivity contribution >= 4 is 10.9 Å². The summed E-state index contributed by atoms with van der Waals surface area (Å²) in [7, 11) is 0. The molecule has 0 aliphatic rings. The quantitative estimate of drug-likeness (QED) is 0.554. The van der Waals surface area contributed by atoms with Gasteiger partial charge in [-0.05, 0) is 24.6 Å². The van der Waals surface area contributed by atoms with Crippen molar-refractivity contribution in [2.75, 3.05) is 0 Å². The smallest absolute Gasteiger partial charge is 0.0702 e. The molecule has 0 N–H and O–H groups in total. The number of hydrogen-bond donors (Lipinski definition) is 0. The van der Waals surface area contributed by atoms with Gasteiger partial charge in [0, 0.05) is 11.6 Å². The van der Waals surface area contributed by atoms with Crippen molar-refractivity contribution in [2.45, 2.75) is 6.92 Å². The van der Waals surface area contributed by atoms with Crippen LogP contribution in [0.2, 0.25) is 0 Å². The Morgan fingerprint density at radius 2 is 1.85 bits per heavy atom. The van der Waals surface area contributed by atoms with Crippen LogP contribution in [0.5, 0.6) is 0 Å². The lowest BCUT2D eigenvalue weighted by molar-refractivity contribution is 1.33. The second-order valence-electron chi connectivity index (χ2n) is 2.71. The highest BCUT2D eigenvalue weighted by atomic mass is 14.6. The van der Waals surface area contributed by atoms with Crippen LogP contribution in [0.1, 0.15) is 5.56 Å². The van der Waals surface area contributed by atoms with Crippen LogP contribution in [0.3, 0.4) is 0 Å². The van der Waals surface area contributed by atoms with Crippen LogP contribution < -0.4 is 0 Å². The first-order chi connectivity index (χ1) is 6.36. The molecule has 1 heterocycles. The second kappa shape index (κ2) is 4.41. The van der Waals surface area contributed by atoms with Gasteiger partial charge < -0.3 is 0 Å². The molecule has 2 aromatic rings. The van der Waals surface area contributed by atoms with Crippen LogP contribution in [0, 0.1) is 6.92 Å². The molecule has 1 nitrogen and oxygen atoms in total. The van der Waals surface area contributed by atoms with Gasteiger partial charge in [-0.1, -0.05) is 18.2 Å². The number of fused-ring (bicyclic) bond motifs is 1. The van der Waals surface area contributed by atoms with Crippen molar-refractivity contribution in [1.82, 2.24) is 4.98 Å². The van der Waals surface area contributed by atoms with E-state index in [1.807, 2.05) is 24.4 Å².